The lowest BCUT2D eigenvalue weighted by molar-refractivity contribution is 0.572. The Morgan fingerprint density at radius 1 is 1.14 bits per heavy atom. The molecule has 0 saturated carbocycles. The normalized spacial score (nSPS) is 14.0. The van der Waals surface area contributed by atoms with E-state index in [-0.39, 0.29) is 5.82 Å². The van der Waals surface area contributed by atoms with Gasteiger partial charge in [0.1, 0.15) is 29.5 Å². The van der Waals surface area contributed by atoms with Gasteiger partial charge in [0.25, 0.3) is 0 Å². The SMILES string of the molecule is CC1=C(C#N)c2nc(N)c(C#N)c(C)c2/C1=C\c1ccc(-c2cccc(Br)c2)o1. The smallest absolute Gasteiger partial charge is 0.142 e. The minimum Gasteiger partial charge on any atom is -0.457 e. The molecule has 140 valence electrons. The molecule has 1 aliphatic rings. The molecule has 5 nitrogen and oxygen atoms in total. The summed E-state index contributed by atoms with van der Waals surface area (Å²) < 4.78 is 7.00. The van der Waals surface area contributed by atoms with Gasteiger partial charge in [-0.05, 0) is 60.9 Å². The molecule has 1 aliphatic carbocycles. The largest absolute Gasteiger partial charge is 0.457 e. The lowest BCUT2D eigenvalue weighted by Crippen LogP contribution is -2.03. The monoisotopic (exact) mass is 442 g/mol. The van der Waals surface area contributed by atoms with Gasteiger partial charge in [-0.15, -0.1) is 0 Å². The van der Waals surface area contributed by atoms with Crippen molar-refractivity contribution in [1.82, 2.24) is 4.98 Å². The number of hydrogen-bond donors (Lipinski definition) is 1. The number of nitrogens with zero attached hydrogens (tertiary/aromatic N) is 3. The molecular weight excluding hydrogens is 428 g/mol. The zero-order valence-corrected chi connectivity index (χ0v) is 17.3. The molecule has 0 saturated heterocycles. The molecule has 6 heteroatoms. The van der Waals surface area contributed by atoms with Gasteiger partial charge < -0.3 is 10.2 Å². The second-order valence-corrected chi connectivity index (χ2v) is 7.63. The van der Waals surface area contributed by atoms with Crippen LogP contribution in [0, 0.1) is 29.6 Å². The highest BCUT2D eigenvalue weighted by Crippen LogP contribution is 2.44. The summed E-state index contributed by atoms with van der Waals surface area (Å²) in [6.07, 6.45) is 1.88. The number of rotatable bonds is 2. The van der Waals surface area contributed by atoms with Crippen LogP contribution in [0.2, 0.25) is 0 Å². The molecule has 0 bridgehead atoms. The molecule has 0 fully saturated rings. The molecule has 0 atom stereocenters. The van der Waals surface area contributed by atoms with Crippen molar-refractivity contribution >= 4 is 39.0 Å². The Morgan fingerprint density at radius 3 is 2.62 bits per heavy atom. The van der Waals surface area contributed by atoms with Gasteiger partial charge in [-0.2, -0.15) is 10.5 Å². The molecule has 0 unspecified atom stereocenters. The first-order valence-electron chi connectivity index (χ1n) is 8.84. The van der Waals surface area contributed by atoms with E-state index in [0.717, 1.165) is 32.5 Å². The van der Waals surface area contributed by atoms with Crippen LogP contribution < -0.4 is 5.73 Å². The van der Waals surface area contributed by atoms with Crippen molar-refractivity contribution in [2.24, 2.45) is 0 Å². The molecule has 1 aromatic carbocycles. The van der Waals surface area contributed by atoms with Crippen molar-refractivity contribution in [2.75, 3.05) is 5.73 Å². The summed E-state index contributed by atoms with van der Waals surface area (Å²) in [7, 11) is 0. The van der Waals surface area contributed by atoms with Crippen molar-refractivity contribution in [3.05, 3.63) is 74.6 Å². The van der Waals surface area contributed by atoms with Gasteiger partial charge in [-0.1, -0.05) is 28.1 Å². The highest BCUT2D eigenvalue weighted by Gasteiger charge is 2.29. The van der Waals surface area contributed by atoms with Gasteiger partial charge in [0, 0.05) is 15.6 Å². The first kappa shape index (κ1) is 18.7. The van der Waals surface area contributed by atoms with Gasteiger partial charge in [-0.3, -0.25) is 0 Å². The Hall–Kier alpha value is -3.61. The van der Waals surface area contributed by atoms with E-state index >= 15 is 0 Å². The van der Waals surface area contributed by atoms with Gasteiger partial charge in [0.2, 0.25) is 0 Å². The summed E-state index contributed by atoms with van der Waals surface area (Å²) in [5.74, 6) is 1.53. The summed E-state index contributed by atoms with van der Waals surface area (Å²) in [5.41, 5.74) is 11.3. The quantitative estimate of drug-likeness (QED) is 0.546. The van der Waals surface area contributed by atoms with E-state index in [1.165, 1.54) is 0 Å². The van der Waals surface area contributed by atoms with Gasteiger partial charge in [0.05, 0.1) is 16.8 Å². The number of aromatic nitrogens is 1. The van der Waals surface area contributed by atoms with Crippen LogP contribution in [0.25, 0.3) is 28.5 Å². The van der Waals surface area contributed by atoms with E-state index in [4.69, 9.17) is 10.2 Å². The molecule has 0 amide bonds. The third-order valence-corrected chi connectivity index (χ3v) is 5.50. The van der Waals surface area contributed by atoms with Crippen molar-refractivity contribution in [2.45, 2.75) is 13.8 Å². The molecule has 29 heavy (non-hydrogen) atoms. The van der Waals surface area contributed by atoms with E-state index < -0.39 is 0 Å². The fraction of sp³-hybridized carbons (Fsp3) is 0.0870. The first-order valence-corrected chi connectivity index (χ1v) is 9.63. The lowest BCUT2D eigenvalue weighted by atomic mass is 9.96. The summed E-state index contributed by atoms with van der Waals surface area (Å²) in [6, 6.07) is 16.0. The van der Waals surface area contributed by atoms with Crippen molar-refractivity contribution < 1.29 is 4.42 Å². The Kier molecular flexibility index (Phi) is 4.58. The summed E-state index contributed by atoms with van der Waals surface area (Å²) >= 11 is 3.47. The minimum absolute atomic E-state index is 0.139. The van der Waals surface area contributed by atoms with E-state index in [0.29, 0.717) is 28.2 Å². The number of nitrogen functional groups attached to an aromatic ring is 1. The van der Waals surface area contributed by atoms with E-state index in [9.17, 15) is 10.5 Å². The predicted octanol–water partition coefficient (Wildman–Crippen LogP) is 5.72. The summed E-state index contributed by atoms with van der Waals surface area (Å²) in [6.45, 7) is 3.69. The third-order valence-electron chi connectivity index (χ3n) is 5.01. The van der Waals surface area contributed by atoms with E-state index in [2.05, 4.69) is 33.1 Å². The molecule has 0 aliphatic heterocycles. The van der Waals surface area contributed by atoms with Crippen LogP contribution in [0.3, 0.4) is 0 Å². The maximum atomic E-state index is 9.65. The predicted molar refractivity (Wildman–Crippen MR) is 116 cm³/mol. The van der Waals surface area contributed by atoms with Gasteiger partial charge in [-0.25, -0.2) is 4.98 Å². The second-order valence-electron chi connectivity index (χ2n) is 6.71. The van der Waals surface area contributed by atoms with Crippen LogP contribution in [-0.4, -0.2) is 4.98 Å². The fourth-order valence-corrected chi connectivity index (χ4v) is 3.96. The van der Waals surface area contributed by atoms with Crippen LogP contribution in [0.4, 0.5) is 5.82 Å². The standard InChI is InChI=1S/C23H15BrN4O/c1-12-17(9-16-6-7-20(29-16)14-4-3-5-15(24)8-14)21-13(2)19(11-26)23(27)28-22(21)18(12)10-25/h3-9H,1-2H3,(H2,27,28)/b17-9-. The molecule has 0 spiro atoms. The number of pyridine rings is 1. The number of furan rings is 1. The third kappa shape index (κ3) is 3.04. The Bertz CT molecular complexity index is 1320. The number of nitriles is 2. The van der Waals surface area contributed by atoms with Crippen LogP contribution >= 0.6 is 15.9 Å². The van der Waals surface area contributed by atoms with Crippen molar-refractivity contribution in [3.8, 4) is 23.5 Å². The number of allylic oxidation sites excluding steroid dienone is 3. The number of benzene rings is 1. The maximum absolute atomic E-state index is 9.65. The van der Waals surface area contributed by atoms with Crippen LogP contribution in [0.15, 0.2) is 50.9 Å². The molecule has 2 heterocycles. The van der Waals surface area contributed by atoms with Crippen molar-refractivity contribution in [3.63, 3.8) is 0 Å². The first-order chi connectivity index (χ1) is 13.9. The average Bonchev–Trinajstić information content (AvgIpc) is 3.25. The molecule has 0 radical (unpaired) electrons. The number of hydrogen-bond acceptors (Lipinski definition) is 5. The number of fused-ring (bicyclic) bond motifs is 1. The molecule has 2 aromatic heterocycles. The highest BCUT2D eigenvalue weighted by molar-refractivity contribution is 9.10. The highest BCUT2D eigenvalue weighted by atomic mass is 79.9. The van der Waals surface area contributed by atoms with E-state index in [1.54, 1.807) is 0 Å². The second kappa shape index (κ2) is 7.09. The molecular formula is C23H15BrN4O. The Morgan fingerprint density at radius 2 is 1.93 bits per heavy atom. The molecule has 4 rings (SSSR count). The molecule has 2 N–H and O–H groups in total. The average molecular weight is 443 g/mol. The van der Waals surface area contributed by atoms with Crippen LogP contribution in [0.5, 0.6) is 0 Å². The van der Waals surface area contributed by atoms with Crippen LogP contribution in [0.1, 0.15) is 35.1 Å². The Labute approximate surface area is 176 Å². The summed E-state index contributed by atoms with van der Waals surface area (Å²) in [5, 5.41) is 19.1. The summed E-state index contributed by atoms with van der Waals surface area (Å²) in [4.78, 5) is 4.34. The fourth-order valence-electron chi connectivity index (χ4n) is 3.57. The number of halogens is 1. The Balaban J connectivity index is 1.87. The maximum Gasteiger partial charge on any atom is 0.142 e. The van der Waals surface area contributed by atoms with Crippen molar-refractivity contribution in [1.29, 1.82) is 10.5 Å². The zero-order valence-electron chi connectivity index (χ0n) is 15.7. The number of nitrogens with two attached hydrogens (primary N) is 1. The minimum atomic E-state index is 0.139. The number of anilines is 1. The van der Waals surface area contributed by atoms with Crippen LogP contribution in [-0.2, 0) is 0 Å². The van der Waals surface area contributed by atoms with Gasteiger partial charge >= 0.3 is 0 Å². The van der Waals surface area contributed by atoms with Gasteiger partial charge in [0.15, 0.2) is 0 Å². The zero-order chi connectivity index (χ0) is 20.7. The lowest BCUT2D eigenvalue weighted by Gasteiger charge is -2.10. The van der Waals surface area contributed by atoms with E-state index in [1.807, 2.05) is 56.3 Å². The topological polar surface area (TPSA) is 99.6 Å². The molecule has 3 aromatic rings.